The third-order valence-electron chi connectivity index (χ3n) is 21.9. The Kier molecular flexibility index (Phi) is 16.8. The lowest BCUT2D eigenvalue weighted by atomic mass is 9.79. The molecule has 0 atom stereocenters. The second-order valence-electron chi connectivity index (χ2n) is 29.1. The number of hydrogen-bond donors (Lipinski definition) is 2. The van der Waals surface area contributed by atoms with Crippen molar-refractivity contribution in [3.05, 3.63) is 357 Å². The maximum absolute atomic E-state index is 9.35. The molecule has 0 spiro atoms. The number of aromatic nitrogens is 6. The number of benzene rings is 16. The van der Waals surface area contributed by atoms with Crippen molar-refractivity contribution in [1.82, 2.24) is 29.9 Å². The number of nitrogens with zero attached hydrogens (tertiary/aromatic N) is 6. The monoisotopic (exact) mass is 1540 g/mol. The summed E-state index contributed by atoms with van der Waals surface area (Å²) in [5.74, 6) is 2.58. The summed E-state index contributed by atoms with van der Waals surface area (Å²) < 4.78 is 37.4. The summed E-state index contributed by atoms with van der Waals surface area (Å²) in [6.07, 6.45) is 0. The van der Waals surface area contributed by atoms with Crippen molar-refractivity contribution in [3.8, 4) is 101 Å². The fourth-order valence-electron chi connectivity index (χ4n) is 16.2. The Morgan fingerprint density at radius 3 is 0.898 bits per heavy atom. The van der Waals surface area contributed by atoms with Gasteiger partial charge >= 0.3 is 7.12 Å². The molecule has 16 aromatic carbocycles. The molecule has 0 saturated carbocycles. The maximum Gasteiger partial charge on any atom is 0.488 e. The molecule has 556 valence electrons. The molecule has 24 rings (SSSR count). The lowest BCUT2D eigenvalue weighted by Gasteiger charge is -2.10. The molecule has 0 aliphatic rings. The highest BCUT2D eigenvalue weighted by Gasteiger charge is 2.23. The molecule has 0 unspecified atom stereocenters. The summed E-state index contributed by atoms with van der Waals surface area (Å²) in [5.41, 5.74) is 22.8. The van der Waals surface area contributed by atoms with Crippen LogP contribution in [0.1, 0.15) is 0 Å². The quantitative estimate of drug-likeness (QED) is 0.123. The predicted octanol–water partition coefficient (Wildman–Crippen LogP) is 26.2. The number of rotatable bonds is 10. The van der Waals surface area contributed by atoms with Crippen LogP contribution in [0, 0.1) is 0 Å². The Bertz CT molecular complexity index is 8110. The van der Waals surface area contributed by atoms with Crippen LogP contribution in [0.25, 0.3) is 233 Å². The summed E-state index contributed by atoms with van der Waals surface area (Å²) >= 11 is 6.38. The van der Waals surface area contributed by atoms with Gasteiger partial charge in [0.1, 0.15) is 67.0 Å². The molecule has 8 aromatic heterocycles. The van der Waals surface area contributed by atoms with Gasteiger partial charge in [-0.3, -0.25) is 0 Å². The van der Waals surface area contributed by atoms with Gasteiger partial charge in [0, 0.05) is 104 Å². The zero-order valence-electron chi connectivity index (χ0n) is 62.5. The summed E-state index contributed by atoms with van der Waals surface area (Å²) in [6.45, 7) is 0. The van der Waals surface area contributed by atoms with Gasteiger partial charge in [0.15, 0.2) is 29.1 Å². The maximum atomic E-state index is 9.35. The van der Waals surface area contributed by atoms with Gasteiger partial charge in [-0.25, -0.2) is 19.9 Å². The zero-order chi connectivity index (χ0) is 78.5. The van der Waals surface area contributed by atoms with Gasteiger partial charge in [0.25, 0.3) is 0 Å². The van der Waals surface area contributed by atoms with Crippen LogP contribution in [0.15, 0.2) is 378 Å². The molecular formula is C102H60BClN6O8. The lowest BCUT2D eigenvalue weighted by molar-refractivity contribution is 0.426. The van der Waals surface area contributed by atoms with E-state index in [1.54, 1.807) is 12.1 Å². The van der Waals surface area contributed by atoms with Crippen molar-refractivity contribution in [1.29, 1.82) is 0 Å². The van der Waals surface area contributed by atoms with Crippen LogP contribution < -0.4 is 5.46 Å². The van der Waals surface area contributed by atoms with Crippen molar-refractivity contribution >= 4 is 156 Å². The summed E-state index contributed by atoms with van der Waals surface area (Å²) in [6, 6.07) is 118. The standard InChI is InChI=1S/C51H29N3O3.C33H18ClN3O2.C18H13BO3/c1-2-10-30(11-3-1)31-22-25-45-42(27-31)40-24-21-35(29-47(40)56-45)51-53-49(52-50(54-51)34-20-23-39-37-14-4-6-18-43(37)55-46(39)28-34)33-13-8-12-32(26-33)36-16-9-17-41-38-15-5-7-19-44(38)57-48(36)41;34-33-36-31(21-10-13-24-23-8-4-5-9-27(23)38-29(24)17-21)35-32(37-33)22-11-14-25-26-16-20(19-6-2-1-3-7-19)12-15-28(26)39-30(25)18-22;20-19(21)13-6-3-5-12(11-13)14-8-4-9-16-15-7-1-2-10-17(15)22-18(14)16/h1-29H;1-18H;1-11,20-21H. The van der Waals surface area contributed by atoms with E-state index in [0.717, 1.165) is 198 Å². The third kappa shape index (κ3) is 12.5. The van der Waals surface area contributed by atoms with Gasteiger partial charge in [-0.15, -0.1) is 0 Å². The number of halogens is 1. The highest BCUT2D eigenvalue weighted by Crippen LogP contribution is 2.43. The Morgan fingerprint density at radius 2 is 0.483 bits per heavy atom. The first-order valence-corrected chi connectivity index (χ1v) is 38.9. The summed E-state index contributed by atoms with van der Waals surface area (Å²) in [5, 5.41) is 31.6. The molecule has 118 heavy (non-hydrogen) atoms. The van der Waals surface area contributed by atoms with E-state index in [2.05, 4.69) is 143 Å². The largest absolute Gasteiger partial charge is 0.488 e. The Hall–Kier alpha value is -15.4. The topological polar surface area (TPSA) is 197 Å². The minimum Gasteiger partial charge on any atom is -0.456 e. The SMILES string of the molecule is Clc1nc(-c2ccc3c(c2)oc2ccccc23)nc(-c2ccc3c(c2)oc2ccc(-c4ccccc4)cc23)n1.OB(O)c1cccc(-c2cccc3c2oc2ccccc23)c1.c1ccc(-c2ccc3oc4cc(-c5nc(-c6cccc(-c7cccc8c7oc7ccccc78)c6)nc(-c6ccc7c(c6)oc6ccccc67)n5)ccc4c3c2)cc1. The molecule has 0 aliphatic heterocycles. The molecular weight excluding hydrogens is 1480 g/mol. The van der Waals surface area contributed by atoms with Crippen LogP contribution in [-0.4, -0.2) is 47.1 Å². The Balaban J connectivity index is 0.000000118. The van der Waals surface area contributed by atoms with Crippen LogP contribution >= 0.6 is 11.6 Å². The van der Waals surface area contributed by atoms with Crippen molar-refractivity contribution < 1.29 is 36.6 Å². The van der Waals surface area contributed by atoms with Gasteiger partial charge in [-0.05, 0) is 154 Å². The Morgan fingerprint density at radius 1 is 0.195 bits per heavy atom. The fraction of sp³-hybridized carbons (Fsp3) is 0. The first kappa shape index (κ1) is 69.3. The van der Waals surface area contributed by atoms with E-state index in [4.69, 9.17) is 58.0 Å². The second kappa shape index (κ2) is 28.6. The van der Waals surface area contributed by atoms with E-state index in [0.29, 0.717) is 34.6 Å². The molecule has 24 aromatic rings. The van der Waals surface area contributed by atoms with Gasteiger partial charge in [0.2, 0.25) is 5.28 Å². The average molecular weight is 1540 g/mol. The number of para-hydroxylation sites is 6. The van der Waals surface area contributed by atoms with Crippen LogP contribution in [0.5, 0.6) is 0 Å². The summed E-state index contributed by atoms with van der Waals surface area (Å²) in [4.78, 5) is 28.9. The zero-order valence-corrected chi connectivity index (χ0v) is 63.2. The van der Waals surface area contributed by atoms with Gasteiger partial charge in [-0.2, -0.15) is 9.97 Å². The molecule has 8 heterocycles. The van der Waals surface area contributed by atoms with Gasteiger partial charge in [-0.1, -0.05) is 249 Å². The predicted molar refractivity (Wildman–Crippen MR) is 474 cm³/mol. The van der Waals surface area contributed by atoms with Crippen LogP contribution in [0.4, 0.5) is 0 Å². The minimum absolute atomic E-state index is 0.122. The minimum atomic E-state index is -1.48. The molecule has 0 aliphatic carbocycles. The van der Waals surface area contributed by atoms with Crippen LogP contribution in [0.2, 0.25) is 5.28 Å². The summed E-state index contributed by atoms with van der Waals surface area (Å²) in [7, 11) is -1.48. The highest BCUT2D eigenvalue weighted by molar-refractivity contribution is 6.58. The van der Waals surface area contributed by atoms with Crippen molar-refractivity contribution in [3.63, 3.8) is 0 Å². The van der Waals surface area contributed by atoms with Gasteiger partial charge in [0.05, 0.1) is 0 Å². The molecule has 0 saturated heterocycles. The van der Waals surface area contributed by atoms with E-state index in [9.17, 15) is 10.0 Å². The number of hydrogen-bond acceptors (Lipinski definition) is 14. The average Bonchev–Trinajstić information content (AvgIpc) is 1.62. The van der Waals surface area contributed by atoms with E-state index in [-0.39, 0.29) is 5.28 Å². The van der Waals surface area contributed by atoms with E-state index in [1.807, 2.05) is 206 Å². The van der Waals surface area contributed by atoms with Crippen LogP contribution in [0.3, 0.4) is 0 Å². The van der Waals surface area contributed by atoms with Gasteiger partial charge < -0.3 is 36.6 Å². The number of fused-ring (bicyclic) bond motifs is 18. The molecule has 2 N–H and O–H groups in total. The normalized spacial score (nSPS) is 11.7. The molecule has 14 nitrogen and oxygen atoms in total. The van der Waals surface area contributed by atoms with Crippen LogP contribution in [-0.2, 0) is 0 Å². The molecule has 0 radical (unpaired) electrons. The van der Waals surface area contributed by atoms with Crippen molar-refractivity contribution in [2.24, 2.45) is 0 Å². The first-order chi connectivity index (χ1) is 58.1. The first-order valence-electron chi connectivity index (χ1n) is 38.6. The third-order valence-corrected chi connectivity index (χ3v) is 22.1. The Labute approximate surface area is 676 Å². The fourth-order valence-corrected chi connectivity index (χ4v) is 16.4. The van der Waals surface area contributed by atoms with Crippen molar-refractivity contribution in [2.75, 3.05) is 0 Å². The smallest absolute Gasteiger partial charge is 0.456 e. The van der Waals surface area contributed by atoms with E-state index >= 15 is 0 Å². The van der Waals surface area contributed by atoms with E-state index in [1.165, 1.54) is 5.56 Å². The lowest BCUT2D eigenvalue weighted by Crippen LogP contribution is -2.29. The van der Waals surface area contributed by atoms with Crippen molar-refractivity contribution in [2.45, 2.75) is 0 Å². The molecule has 16 heteroatoms. The highest BCUT2D eigenvalue weighted by atomic mass is 35.5. The number of furan rings is 6. The molecule has 0 amide bonds. The second-order valence-corrected chi connectivity index (χ2v) is 29.4. The molecule has 0 bridgehead atoms. The molecule has 0 fully saturated rings. The van der Waals surface area contributed by atoms with E-state index < -0.39 is 7.12 Å².